The van der Waals surface area contributed by atoms with Gasteiger partial charge in [-0.2, -0.15) is 0 Å². The highest BCUT2D eigenvalue weighted by atomic mass is 35.5. The molecule has 0 radical (unpaired) electrons. The molecular weight excluding hydrogens is 374 g/mol. The first-order valence-electron chi connectivity index (χ1n) is 8.96. The molecule has 2 atom stereocenters. The van der Waals surface area contributed by atoms with E-state index in [1.165, 1.54) is 6.42 Å². The third-order valence-electron chi connectivity index (χ3n) is 4.78. The molecule has 148 valence electrons. The van der Waals surface area contributed by atoms with Gasteiger partial charge in [0.1, 0.15) is 0 Å². The SMILES string of the molecule is CCN(CC)[C@@H]1CCCC[C@H]1NC(=O)c1ccc(NS(C)(=O)=O)cc1.Cl. The molecule has 0 aromatic heterocycles. The topological polar surface area (TPSA) is 78.5 Å². The van der Waals surface area contributed by atoms with E-state index in [4.69, 9.17) is 0 Å². The number of halogens is 1. The molecule has 6 nitrogen and oxygen atoms in total. The molecule has 1 aliphatic rings. The number of nitrogens with zero attached hydrogens (tertiary/aromatic N) is 1. The van der Waals surface area contributed by atoms with Crippen molar-refractivity contribution in [3.05, 3.63) is 29.8 Å². The molecule has 2 N–H and O–H groups in total. The van der Waals surface area contributed by atoms with Gasteiger partial charge in [-0.05, 0) is 50.2 Å². The van der Waals surface area contributed by atoms with Crippen molar-refractivity contribution in [1.29, 1.82) is 0 Å². The number of rotatable bonds is 7. The van der Waals surface area contributed by atoms with Gasteiger partial charge in [-0.3, -0.25) is 14.4 Å². The first-order chi connectivity index (χ1) is 11.8. The summed E-state index contributed by atoms with van der Waals surface area (Å²) in [5, 5.41) is 3.18. The summed E-state index contributed by atoms with van der Waals surface area (Å²) in [6.45, 7) is 6.29. The van der Waals surface area contributed by atoms with Crippen molar-refractivity contribution in [3.8, 4) is 0 Å². The van der Waals surface area contributed by atoms with E-state index in [1.807, 2.05) is 0 Å². The molecule has 0 spiro atoms. The van der Waals surface area contributed by atoms with E-state index >= 15 is 0 Å². The zero-order valence-electron chi connectivity index (χ0n) is 15.7. The van der Waals surface area contributed by atoms with Crippen LogP contribution in [0.2, 0.25) is 0 Å². The van der Waals surface area contributed by atoms with Crippen LogP contribution in [0.25, 0.3) is 0 Å². The van der Waals surface area contributed by atoms with Gasteiger partial charge in [0, 0.05) is 23.3 Å². The lowest BCUT2D eigenvalue weighted by Gasteiger charge is -2.39. The summed E-state index contributed by atoms with van der Waals surface area (Å²) in [6, 6.07) is 7.07. The van der Waals surface area contributed by atoms with Crippen LogP contribution in [0.1, 0.15) is 49.9 Å². The molecule has 0 heterocycles. The van der Waals surface area contributed by atoms with Gasteiger partial charge >= 0.3 is 0 Å². The van der Waals surface area contributed by atoms with Gasteiger partial charge < -0.3 is 5.32 Å². The van der Waals surface area contributed by atoms with Crippen molar-refractivity contribution in [2.75, 3.05) is 24.1 Å². The summed E-state index contributed by atoms with van der Waals surface area (Å²) in [7, 11) is -3.31. The Bertz CT molecular complexity index is 675. The molecule has 0 bridgehead atoms. The van der Waals surface area contributed by atoms with Crippen LogP contribution in [0.15, 0.2) is 24.3 Å². The summed E-state index contributed by atoms with van der Waals surface area (Å²) >= 11 is 0. The maximum Gasteiger partial charge on any atom is 0.251 e. The van der Waals surface area contributed by atoms with Crippen LogP contribution in [0.5, 0.6) is 0 Å². The number of likely N-dealkylation sites (N-methyl/N-ethyl adjacent to an activating group) is 1. The van der Waals surface area contributed by atoms with Gasteiger partial charge in [0.25, 0.3) is 5.91 Å². The summed E-state index contributed by atoms with van der Waals surface area (Å²) in [5.41, 5.74) is 1.00. The molecule has 0 saturated heterocycles. The van der Waals surface area contributed by atoms with E-state index in [-0.39, 0.29) is 24.4 Å². The molecule has 8 heteroatoms. The van der Waals surface area contributed by atoms with Gasteiger partial charge in [-0.1, -0.05) is 26.7 Å². The van der Waals surface area contributed by atoms with Crippen LogP contribution in [0.4, 0.5) is 5.69 Å². The van der Waals surface area contributed by atoms with Crippen LogP contribution >= 0.6 is 12.4 Å². The minimum atomic E-state index is -3.31. The molecule has 1 saturated carbocycles. The fourth-order valence-corrected chi connectivity index (χ4v) is 4.13. The molecule has 1 amide bonds. The number of hydrogen-bond acceptors (Lipinski definition) is 4. The molecular formula is C18H30ClN3O3S. The molecule has 0 unspecified atom stereocenters. The van der Waals surface area contributed by atoms with Crippen molar-refractivity contribution in [2.45, 2.75) is 51.6 Å². The van der Waals surface area contributed by atoms with Crippen molar-refractivity contribution in [2.24, 2.45) is 0 Å². The van der Waals surface area contributed by atoms with E-state index in [0.29, 0.717) is 17.3 Å². The quantitative estimate of drug-likeness (QED) is 0.733. The highest BCUT2D eigenvalue weighted by Crippen LogP contribution is 2.23. The Balaban J connectivity index is 0.00000338. The number of benzene rings is 1. The van der Waals surface area contributed by atoms with Gasteiger partial charge in [0.2, 0.25) is 10.0 Å². The minimum absolute atomic E-state index is 0. The average molecular weight is 404 g/mol. The van der Waals surface area contributed by atoms with Gasteiger partial charge in [0.05, 0.1) is 6.26 Å². The lowest BCUT2D eigenvalue weighted by Crippen LogP contribution is -2.53. The number of nitrogens with one attached hydrogen (secondary N) is 2. The fourth-order valence-electron chi connectivity index (χ4n) is 3.56. The predicted molar refractivity (Wildman–Crippen MR) is 109 cm³/mol. The zero-order chi connectivity index (χ0) is 18.4. The van der Waals surface area contributed by atoms with Gasteiger partial charge in [-0.15, -0.1) is 12.4 Å². The standard InChI is InChI=1S/C18H29N3O3S.ClH/c1-4-21(5-2)17-9-7-6-8-16(17)19-18(22)14-10-12-15(13-11-14)20-25(3,23)24;/h10-13,16-17,20H,4-9H2,1-3H3,(H,19,22);1H/t16-,17-;/m1./s1. The lowest BCUT2D eigenvalue weighted by molar-refractivity contribution is 0.0846. The van der Waals surface area contributed by atoms with Crippen molar-refractivity contribution in [1.82, 2.24) is 10.2 Å². The second-order valence-corrected chi connectivity index (χ2v) is 8.35. The molecule has 1 fully saturated rings. The second-order valence-electron chi connectivity index (χ2n) is 6.60. The Hall–Kier alpha value is -1.31. The second kappa shape index (κ2) is 10.1. The Labute approximate surface area is 163 Å². The van der Waals surface area contributed by atoms with Crippen LogP contribution in [-0.4, -0.2) is 50.7 Å². The third kappa shape index (κ3) is 6.45. The van der Waals surface area contributed by atoms with Crippen LogP contribution < -0.4 is 10.0 Å². The van der Waals surface area contributed by atoms with Crippen LogP contribution in [-0.2, 0) is 10.0 Å². The van der Waals surface area contributed by atoms with E-state index in [0.717, 1.165) is 38.6 Å². The average Bonchev–Trinajstić information content (AvgIpc) is 2.56. The number of sulfonamides is 1. The first-order valence-corrected chi connectivity index (χ1v) is 10.9. The van der Waals surface area contributed by atoms with Crippen LogP contribution in [0.3, 0.4) is 0 Å². The number of carbonyl (C=O) groups excluding carboxylic acids is 1. The Kier molecular flexibility index (Phi) is 8.86. The minimum Gasteiger partial charge on any atom is -0.348 e. The van der Waals surface area contributed by atoms with Crippen molar-refractivity contribution < 1.29 is 13.2 Å². The highest BCUT2D eigenvalue weighted by Gasteiger charge is 2.30. The van der Waals surface area contributed by atoms with Gasteiger partial charge in [0.15, 0.2) is 0 Å². The van der Waals surface area contributed by atoms with Gasteiger partial charge in [-0.25, -0.2) is 8.42 Å². The molecule has 1 aliphatic carbocycles. The maximum absolute atomic E-state index is 12.6. The van der Waals surface area contributed by atoms with E-state index < -0.39 is 10.0 Å². The first kappa shape index (κ1) is 22.7. The number of carbonyl (C=O) groups is 1. The molecule has 0 aliphatic heterocycles. The van der Waals surface area contributed by atoms with E-state index in [1.54, 1.807) is 24.3 Å². The normalized spacial score (nSPS) is 20.3. The fraction of sp³-hybridized carbons (Fsp3) is 0.611. The van der Waals surface area contributed by atoms with E-state index in [2.05, 4.69) is 28.8 Å². The predicted octanol–water partition coefficient (Wildman–Crippen LogP) is 2.86. The Morgan fingerprint density at radius 1 is 1.12 bits per heavy atom. The molecule has 1 aromatic rings. The van der Waals surface area contributed by atoms with Crippen molar-refractivity contribution >= 4 is 34.0 Å². The number of amides is 1. The molecule has 26 heavy (non-hydrogen) atoms. The Morgan fingerprint density at radius 2 is 1.69 bits per heavy atom. The highest BCUT2D eigenvalue weighted by molar-refractivity contribution is 7.92. The maximum atomic E-state index is 12.6. The lowest BCUT2D eigenvalue weighted by atomic mass is 9.88. The smallest absolute Gasteiger partial charge is 0.251 e. The summed E-state index contributed by atoms with van der Waals surface area (Å²) in [5.74, 6) is -0.102. The monoisotopic (exact) mass is 403 g/mol. The summed E-state index contributed by atoms with van der Waals surface area (Å²) in [4.78, 5) is 15.0. The number of hydrogen-bond donors (Lipinski definition) is 2. The largest absolute Gasteiger partial charge is 0.348 e. The molecule has 1 aromatic carbocycles. The number of anilines is 1. The summed E-state index contributed by atoms with van der Waals surface area (Å²) < 4.78 is 24.9. The van der Waals surface area contributed by atoms with Crippen LogP contribution in [0, 0.1) is 0 Å². The Morgan fingerprint density at radius 3 is 2.23 bits per heavy atom. The third-order valence-corrected chi connectivity index (χ3v) is 5.38. The summed E-state index contributed by atoms with van der Waals surface area (Å²) in [6.07, 6.45) is 5.56. The van der Waals surface area contributed by atoms with E-state index in [9.17, 15) is 13.2 Å². The zero-order valence-corrected chi connectivity index (χ0v) is 17.3. The van der Waals surface area contributed by atoms with Crippen molar-refractivity contribution in [3.63, 3.8) is 0 Å². The molecule has 2 rings (SSSR count).